The molecule has 4 N–H and O–H groups in total. The number of rotatable bonds is 9. The van der Waals surface area contributed by atoms with E-state index in [9.17, 15) is 0 Å². The van der Waals surface area contributed by atoms with Crippen LogP contribution in [0.1, 0.15) is 45.0 Å². The van der Waals surface area contributed by atoms with E-state index < -0.39 is 0 Å². The topological polar surface area (TPSA) is 72.4 Å². The minimum absolute atomic E-state index is 0.575. The Hall–Kier alpha value is -5.12. The number of hydrogen-bond donors (Lipinski definition) is 4. The van der Waals surface area contributed by atoms with Crippen molar-refractivity contribution in [3.05, 3.63) is 166 Å². The molecule has 9 rings (SSSR count). The second kappa shape index (κ2) is 16.4. The highest BCUT2D eigenvalue weighted by Gasteiger charge is 2.19. The van der Waals surface area contributed by atoms with E-state index in [1.807, 2.05) is 0 Å². The van der Waals surface area contributed by atoms with Crippen LogP contribution in [0.4, 0.5) is 0 Å². The van der Waals surface area contributed by atoms with Crippen LogP contribution in [0.2, 0.25) is 0 Å². The molecule has 8 heteroatoms. The number of hydrogen-bond acceptors (Lipinski definition) is 1. The summed E-state index contributed by atoms with van der Waals surface area (Å²) in [5.41, 5.74) is 22.0. The molecular weight excluding hydrogens is 900 g/mol. The fraction of sp³-hybridized carbons (Fsp3) is 0.102. The van der Waals surface area contributed by atoms with Crippen molar-refractivity contribution in [2.24, 2.45) is 0 Å². The standard InChI is InChI=1S/C49H39Br3N4O/c1-57-29-33-8-16-37(17-9-33)41-25-49-48-24-40(36-14-6-32(28-52)7-15-36)43(55-48)19-18-42-38(34-10-2-30(26-50)3-11-34)22-46(53-42)47-23-39(35-12-4-31(27-51)5-13-35)44(54-47)20-21-45(41)56-49/h2-25,53-56H,26-29H2,1H3. The van der Waals surface area contributed by atoms with E-state index in [2.05, 4.69) is 213 Å². The second-order valence-electron chi connectivity index (χ2n) is 14.3. The molecule has 0 spiro atoms. The molecular formula is C49H39Br3N4O. The molecule has 5 nitrogen and oxygen atoms in total. The lowest BCUT2D eigenvalue weighted by atomic mass is 10.0. The number of aromatic nitrogens is 4. The predicted molar refractivity (Wildman–Crippen MR) is 249 cm³/mol. The van der Waals surface area contributed by atoms with E-state index in [1.165, 1.54) is 16.7 Å². The van der Waals surface area contributed by atoms with Crippen molar-refractivity contribution in [1.82, 2.24) is 19.9 Å². The Kier molecular flexibility index (Phi) is 10.8. The van der Waals surface area contributed by atoms with Crippen LogP contribution in [-0.2, 0) is 27.3 Å². The summed E-state index contributed by atoms with van der Waals surface area (Å²) < 4.78 is 5.41. The zero-order valence-electron chi connectivity index (χ0n) is 31.2. The zero-order chi connectivity index (χ0) is 38.9. The Bertz CT molecular complexity index is 2730. The Morgan fingerprint density at radius 2 is 0.614 bits per heavy atom. The number of benzene rings is 4. The quantitative estimate of drug-likeness (QED) is 0.107. The Balaban J connectivity index is 1.26. The van der Waals surface area contributed by atoms with Crippen LogP contribution in [0.3, 0.4) is 0 Å². The minimum Gasteiger partial charge on any atom is -0.380 e. The fourth-order valence-electron chi connectivity index (χ4n) is 7.54. The van der Waals surface area contributed by atoms with Gasteiger partial charge in [-0.15, -0.1) is 0 Å². The molecule has 0 saturated carbocycles. The number of fused-ring (bicyclic) bond motifs is 10. The van der Waals surface area contributed by atoms with Crippen molar-refractivity contribution >= 4 is 72.1 Å². The summed E-state index contributed by atoms with van der Waals surface area (Å²) in [5.74, 6) is 0. The lowest BCUT2D eigenvalue weighted by molar-refractivity contribution is 0.185. The lowest BCUT2D eigenvalue weighted by Crippen LogP contribution is -1.87. The van der Waals surface area contributed by atoms with Gasteiger partial charge in [-0.3, -0.25) is 0 Å². The van der Waals surface area contributed by atoms with Gasteiger partial charge < -0.3 is 24.7 Å². The summed E-state index contributed by atoms with van der Waals surface area (Å²) in [7, 11) is 1.73. The number of ether oxygens (including phenoxy) is 1. The largest absolute Gasteiger partial charge is 0.380 e. The maximum atomic E-state index is 5.41. The van der Waals surface area contributed by atoms with Crippen LogP contribution in [0.15, 0.2) is 121 Å². The summed E-state index contributed by atoms with van der Waals surface area (Å²) in [6.07, 6.45) is 8.79. The third kappa shape index (κ3) is 7.67. The highest BCUT2D eigenvalue weighted by atomic mass is 79.9. The van der Waals surface area contributed by atoms with Gasteiger partial charge in [0.15, 0.2) is 0 Å². The average molecular weight is 940 g/mol. The van der Waals surface area contributed by atoms with Gasteiger partial charge in [-0.1, -0.05) is 145 Å². The third-order valence-electron chi connectivity index (χ3n) is 10.6. The predicted octanol–water partition coefficient (Wildman–Crippen LogP) is 14.5. The Morgan fingerprint density at radius 3 is 0.842 bits per heavy atom. The van der Waals surface area contributed by atoms with Gasteiger partial charge in [0.2, 0.25) is 0 Å². The number of halogens is 3. The van der Waals surface area contributed by atoms with Crippen LogP contribution in [0.5, 0.6) is 0 Å². The van der Waals surface area contributed by atoms with Crippen LogP contribution in [0, 0.1) is 0 Å². The molecule has 8 bridgehead atoms. The van der Waals surface area contributed by atoms with Gasteiger partial charge in [0.05, 0.1) is 29.4 Å². The summed E-state index contributed by atoms with van der Waals surface area (Å²) >= 11 is 10.9. The highest BCUT2D eigenvalue weighted by Crippen LogP contribution is 2.39. The Morgan fingerprint density at radius 1 is 0.368 bits per heavy atom. The first-order valence-electron chi connectivity index (χ1n) is 18.8. The molecule has 57 heavy (non-hydrogen) atoms. The number of H-pyrrole nitrogens is 4. The Labute approximate surface area is 357 Å². The smallest absolute Gasteiger partial charge is 0.0713 e. The molecule has 8 aromatic rings. The van der Waals surface area contributed by atoms with Gasteiger partial charge in [-0.05, 0) is 93.1 Å². The molecule has 0 radical (unpaired) electrons. The van der Waals surface area contributed by atoms with E-state index in [-0.39, 0.29) is 0 Å². The van der Waals surface area contributed by atoms with Crippen molar-refractivity contribution in [3.63, 3.8) is 0 Å². The molecule has 0 unspecified atom stereocenters. The number of methoxy groups -OCH3 is 1. The number of nitrogens with one attached hydrogen (secondary N) is 4. The first kappa shape index (κ1) is 37.5. The number of alkyl halides is 3. The molecule has 1 aliphatic heterocycles. The first-order valence-corrected chi connectivity index (χ1v) is 22.2. The van der Waals surface area contributed by atoms with E-state index in [1.54, 1.807) is 7.11 Å². The summed E-state index contributed by atoms with van der Waals surface area (Å²) in [4.78, 5) is 15.2. The van der Waals surface area contributed by atoms with Gasteiger partial charge in [0.1, 0.15) is 0 Å². The average Bonchev–Trinajstić information content (AvgIpc) is 4.07. The summed E-state index contributed by atoms with van der Waals surface area (Å²) in [6.45, 7) is 0.575. The molecule has 5 heterocycles. The van der Waals surface area contributed by atoms with Crippen LogP contribution >= 0.6 is 47.8 Å². The lowest BCUT2D eigenvalue weighted by Gasteiger charge is -2.04. The van der Waals surface area contributed by atoms with Crippen molar-refractivity contribution in [2.75, 3.05) is 7.11 Å². The van der Waals surface area contributed by atoms with E-state index in [0.29, 0.717) is 6.61 Å². The van der Waals surface area contributed by atoms with E-state index >= 15 is 0 Å². The molecule has 1 aliphatic rings. The van der Waals surface area contributed by atoms with Crippen LogP contribution in [-0.4, -0.2) is 27.0 Å². The molecule has 4 aromatic carbocycles. The fourth-order valence-corrected chi connectivity index (χ4v) is 8.67. The zero-order valence-corrected chi connectivity index (χ0v) is 36.0. The molecule has 0 saturated heterocycles. The van der Waals surface area contributed by atoms with E-state index in [0.717, 1.165) is 112 Å². The van der Waals surface area contributed by atoms with Gasteiger partial charge >= 0.3 is 0 Å². The summed E-state index contributed by atoms with van der Waals surface area (Å²) in [5, 5.41) is 2.44. The van der Waals surface area contributed by atoms with Gasteiger partial charge in [-0.2, -0.15) is 0 Å². The van der Waals surface area contributed by atoms with Crippen molar-refractivity contribution in [3.8, 4) is 67.3 Å². The molecule has 282 valence electrons. The molecule has 0 fully saturated rings. The maximum Gasteiger partial charge on any atom is 0.0713 e. The molecule has 4 aromatic heterocycles. The third-order valence-corrected chi connectivity index (χ3v) is 12.6. The summed E-state index contributed by atoms with van der Waals surface area (Å²) in [6, 6.07) is 44.0. The SMILES string of the molecule is COCc1ccc(-c2cc3[nH]c2C=Cc2[nH]c(cc2-c2ccc(CBr)cc2)-c2cc(-c4ccc(CBr)cc4)c([nH]2)C=Cc2[nH]c-3cc2-c2ccc(CBr)cc2)cc1. The van der Waals surface area contributed by atoms with Crippen LogP contribution < -0.4 is 0 Å². The van der Waals surface area contributed by atoms with Crippen molar-refractivity contribution < 1.29 is 4.74 Å². The van der Waals surface area contributed by atoms with Crippen molar-refractivity contribution in [1.29, 1.82) is 0 Å². The monoisotopic (exact) mass is 936 g/mol. The maximum absolute atomic E-state index is 5.41. The van der Waals surface area contributed by atoms with Crippen LogP contribution in [0.25, 0.3) is 91.6 Å². The van der Waals surface area contributed by atoms with Gasteiger partial charge in [0, 0.05) is 68.1 Å². The van der Waals surface area contributed by atoms with E-state index in [4.69, 9.17) is 4.74 Å². The number of aromatic amines is 4. The molecule has 0 amide bonds. The minimum atomic E-state index is 0.575. The van der Waals surface area contributed by atoms with Gasteiger partial charge in [0.25, 0.3) is 0 Å². The normalized spacial score (nSPS) is 12.1. The van der Waals surface area contributed by atoms with Crippen molar-refractivity contribution in [2.45, 2.75) is 22.6 Å². The molecule has 0 aliphatic carbocycles. The molecule has 0 atom stereocenters. The second-order valence-corrected chi connectivity index (χ2v) is 16.0. The highest BCUT2D eigenvalue weighted by molar-refractivity contribution is 9.09. The first-order chi connectivity index (χ1) is 28.0. The van der Waals surface area contributed by atoms with Gasteiger partial charge in [-0.25, -0.2) is 0 Å².